The standard InChI is InChI=1S/C17H20ClN5O2/c1-11-3-5-15(25-11)14(24)8-21-17(19-2)20-7-13-10-23-9-12(18)4-6-16(23)22-13/h3-6,9-10,14,24H,7-8H2,1-2H3,(H2,19,20,21). The summed E-state index contributed by atoms with van der Waals surface area (Å²) in [4.78, 5) is 8.64. The van der Waals surface area contributed by atoms with Crippen LogP contribution in [-0.2, 0) is 6.54 Å². The number of aliphatic hydroxyl groups is 1. The Morgan fingerprint density at radius 1 is 1.32 bits per heavy atom. The number of pyridine rings is 1. The Kier molecular flexibility index (Phi) is 5.25. The van der Waals surface area contributed by atoms with E-state index in [0.717, 1.165) is 17.1 Å². The molecule has 8 heteroatoms. The van der Waals surface area contributed by atoms with Crippen LogP contribution in [0, 0.1) is 6.92 Å². The fourth-order valence-electron chi connectivity index (χ4n) is 2.42. The van der Waals surface area contributed by atoms with Gasteiger partial charge in [0, 0.05) is 19.4 Å². The second-order valence-electron chi connectivity index (χ2n) is 5.62. The Bertz CT molecular complexity index is 886. The van der Waals surface area contributed by atoms with Crippen molar-refractivity contribution in [1.82, 2.24) is 20.0 Å². The lowest BCUT2D eigenvalue weighted by Crippen LogP contribution is -2.39. The van der Waals surface area contributed by atoms with E-state index < -0.39 is 6.10 Å². The van der Waals surface area contributed by atoms with E-state index in [1.165, 1.54) is 0 Å². The van der Waals surface area contributed by atoms with E-state index in [1.807, 2.05) is 35.9 Å². The number of hydrogen-bond acceptors (Lipinski definition) is 4. The highest BCUT2D eigenvalue weighted by Gasteiger charge is 2.12. The first-order chi connectivity index (χ1) is 12.0. The number of aromatic nitrogens is 2. The number of nitrogens with one attached hydrogen (secondary N) is 2. The van der Waals surface area contributed by atoms with Gasteiger partial charge in [-0.05, 0) is 31.2 Å². The monoisotopic (exact) mass is 361 g/mol. The quantitative estimate of drug-likeness (QED) is 0.479. The summed E-state index contributed by atoms with van der Waals surface area (Å²) in [6, 6.07) is 7.25. The van der Waals surface area contributed by atoms with E-state index in [4.69, 9.17) is 16.0 Å². The molecule has 0 saturated heterocycles. The lowest BCUT2D eigenvalue weighted by molar-refractivity contribution is 0.151. The molecule has 3 rings (SSSR count). The number of halogens is 1. The molecule has 3 N–H and O–H groups in total. The second kappa shape index (κ2) is 7.58. The molecule has 0 aliphatic rings. The number of rotatable bonds is 5. The number of aryl methyl sites for hydroxylation is 1. The summed E-state index contributed by atoms with van der Waals surface area (Å²) in [6.07, 6.45) is 2.97. The van der Waals surface area contributed by atoms with Gasteiger partial charge in [-0.2, -0.15) is 0 Å². The first-order valence-electron chi connectivity index (χ1n) is 7.87. The van der Waals surface area contributed by atoms with Crippen LogP contribution in [0.3, 0.4) is 0 Å². The van der Waals surface area contributed by atoms with Gasteiger partial charge >= 0.3 is 0 Å². The highest BCUT2D eigenvalue weighted by molar-refractivity contribution is 6.30. The molecule has 25 heavy (non-hydrogen) atoms. The van der Waals surface area contributed by atoms with E-state index in [9.17, 15) is 5.11 Å². The third kappa shape index (κ3) is 4.32. The van der Waals surface area contributed by atoms with Crippen molar-refractivity contribution >= 4 is 23.2 Å². The fourth-order valence-corrected chi connectivity index (χ4v) is 2.59. The van der Waals surface area contributed by atoms with Gasteiger partial charge in [-0.25, -0.2) is 4.98 Å². The highest BCUT2D eigenvalue weighted by Crippen LogP contribution is 2.15. The second-order valence-corrected chi connectivity index (χ2v) is 6.05. The highest BCUT2D eigenvalue weighted by atomic mass is 35.5. The van der Waals surface area contributed by atoms with Crippen LogP contribution in [0.1, 0.15) is 23.3 Å². The van der Waals surface area contributed by atoms with Crippen molar-refractivity contribution in [2.75, 3.05) is 13.6 Å². The van der Waals surface area contributed by atoms with Gasteiger partial charge in [-0.3, -0.25) is 4.99 Å². The van der Waals surface area contributed by atoms with E-state index >= 15 is 0 Å². The number of imidazole rings is 1. The van der Waals surface area contributed by atoms with Crippen molar-refractivity contribution < 1.29 is 9.52 Å². The molecule has 0 aromatic carbocycles. The van der Waals surface area contributed by atoms with Crippen LogP contribution in [0.25, 0.3) is 5.65 Å². The normalized spacial score (nSPS) is 13.2. The summed E-state index contributed by atoms with van der Waals surface area (Å²) in [7, 11) is 1.67. The first kappa shape index (κ1) is 17.3. The smallest absolute Gasteiger partial charge is 0.191 e. The molecule has 0 aliphatic carbocycles. The minimum atomic E-state index is -0.746. The lowest BCUT2D eigenvalue weighted by Gasteiger charge is -2.13. The van der Waals surface area contributed by atoms with Crippen molar-refractivity contribution in [3.05, 3.63) is 58.9 Å². The Hall–Kier alpha value is -2.51. The molecule has 0 bridgehead atoms. The molecule has 3 heterocycles. The van der Waals surface area contributed by atoms with Gasteiger partial charge in [-0.15, -0.1) is 0 Å². The maximum Gasteiger partial charge on any atom is 0.191 e. The molecule has 0 spiro atoms. The molecule has 3 aromatic heterocycles. The summed E-state index contributed by atoms with van der Waals surface area (Å²) in [5.41, 5.74) is 1.68. The Morgan fingerprint density at radius 3 is 2.88 bits per heavy atom. The van der Waals surface area contributed by atoms with Crippen LogP contribution in [0.4, 0.5) is 0 Å². The Morgan fingerprint density at radius 2 is 2.16 bits per heavy atom. The van der Waals surface area contributed by atoms with Crippen LogP contribution in [-0.4, -0.2) is 34.0 Å². The van der Waals surface area contributed by atoms with Crippen molar-refractivity contribution in [3.63, 3.8) is 0 Å². The van der Waals surface area contributed by atoms with Crippen molar-refractivity contribution in [1.29, 1.82) is 0 Å². The molecule has 0 saturated carbocycles. The summed E-state index contributed by atoms with van der Waals surface area (Å²) < 4.78 is 7.28. The van der Waals surface area contributed by atoms with Crippen molar-refractivity contribution in [3.8, 4) is 0 Å². The largest absolute Gasteiger partial charge is 0.464 e. The minimum absolute atomic E-state index is 0.285. The molecule has 132 valence electrons. The van der Waals surface area contributed by atoms with Crippen molar-refractivity contribution in [2.45, 2.75) is 19.6 Å². The van der Waals surface area contributed by atoms with Crippen molar-refractivity contribution in [2.24, 2.45) is 4.99 Å². The maximum absolute atomic E-state index is 10.1. The zero-order chi connectivity index (χ0) is 17.8. The van der Waals surface area contributed by atoms with E-state index in [0.29, 0.717) is 23.3 Å². The molecule has 1 unspecified atom stereocenters. The van der Waals surface area contributed by atoms with Gasteiger partial charge in [0.25, 0.3) is 0 Å². The van der Waals surface area contributed by atoms with E-state index in [1.54, 1.807) is 19.2 Å². The van der Waals surface area contributed by atoms with Gasteiger partial charge in [0.05, 0.1) is 23.8 Å². The first-order valence-corrected chi connectivity index (χ1v) is 8.25. The fraction of sp³-hybridized carbons (Fsp3) is 0.294. The summed E-state index contributed by atoms with van der Waals surface area (Å²) in [5.74, 6) is 1.86. The number of aliphatic hydroxyl groups excluding tert-OH is 1. The molecule has 0 fully saturated rings. The molecule has 7 nitrogen and oxygen atoms in total. The summed E-state index contributed by atoms with van der Waals surface area (Å²) >= 11 is 5.98. The molecular weight excluding hydrogens is 342 g/mol. The predicted molar refractivity (Wildman–Crippen MR) is 96.8 cm³/mol. The third-order valence-corrected chi connectivity index (χ3v) is 3.90. The molecule has 1 atom stereocenters. The number of furan rings is 1. The number of fused-ring (bicyclic) bond motifs is 1. The van der Waals surface area contributed by atoms with Gasteiger partial charge in [0.2, 0.25) is 0 Å². The predicted octanol–water partition coefficient (Wildman–Crippen LogP) is 2.29. The van der Waals surface area contributed by atoms with E-state index in [-0.39, 0.29) is 6.54 Å². The molecule has 0 amide bonds. The Labute approximate surface area is 150 Å². The molecule has 0 aliphatic heterocycles. The average Bonchev–Trinajstić information content (AvgIpc) is 3.20. The summed E-state index contributed by atoms with van der Waals surface area (Å²) in [5, 5.41) is 17.0. The van der Waals surface area contributed by atoms with Crippen LogP contribution in [0.15, 0.2) is 46.1 Å². The Balaban J connectivity index is 1.55. The molecular formula is C17H20ClN5O2. The van der Waals surface area contributed by atoms with Gasteiger partial charge in [0.1, 0.15) is 23.3 Å². The average molecular weight is 362 g/mol. The maximum atomic E-state index is 10.1. The molecule has 3 aromatic rings. The minimum Gasteiger partial charge on any atom is -0.464 e. The van der Waals surface area contributed by atoms with Crippen LogP contribution in [0.5, 0.6) is 0 Å². The number of aliphatic imine (C=N–C) groups is 1. The van der Waals surface area contributed by atoms with Gasteiger partial charge in [0.15, 0.2) is 5.96 Å². The number of hydrogen-bond donors (Lipinski definition) is 3. The van der Waals surface area contributed by atoms with Crippen LogP contribution in [0.2, 0.25) is 5.02 Å². The SMILES string of the molecule is CN=C(NCc1cn2cc(Cl)ccc2n1)NCC(O)c1ccc(C)o1. The molecule has 0 radical (unpaired) electrons. The topological polar surface area (TPSA) is 87.1 Å². The lowest BCUT2D eigenvalue weighted by atomic mass is 10.3. The van der Waals surface area contributed by atoms with E-state index in [2.05, 4.69) is 20.6 Å². The van der Waals surface area contributed by atoms with Gasteiger partial charge in [-0.1, -0.05) is 11.6 Å². The summed E-state index contributed by atoms with van der Waals surface area (Å²) in [6.45, 7) is 2.62. The van der Waals surface area contributed by atoms with Crippen LogP contribution < -0.4 is 10.6 Å². The zero-order valence-corrected chi connectivity index (χ0v) is 14.8. The van der Waals surface area contributed by atoms with Gasteiger partial charge < -0.3 is 24.6 Å². The number of nitrogens with zero attached hydrogens (tertiary/aromatic N) is 3. The third-order valence-electron chi connectivity index (χ3n) is 3.68. The number of guanidine groups is 1. The van der Waals surface area contributed by atoms with Crippen LogP contribution >= 0.6 is 11.6 Å². The zero-order valence-electron chi connectivity index (χ0n) is 14.0.